The molecule has 1 aromatic carbocycles. The van der Waals surface area contributed by atoms with E-state index in [0.717, 1.165) is 11.3 Å². The van der Waals surface area contributed by atoms with Crippen LogP contribution >= 0.6 is 0 Å². The fraction of sp³-hybridized carbons (Fsp3) is 0.438. The number of benzene rings is 1. The Morgan fingerprint density at radius 1 is 1.18 bits per heavy atom. The Kier molecular flexibility index (Phi) is 4.33. The van der Waals surface area contributed by atoms with Crippen molar-refractivity contribution in [3.05, 3.63) is 35.5 Å². The summed E-state index contributed by atoms with van der Waals surface area (Å²) in [5, 5.41) is 0.649. The molecule has 0 aliphatic carbocycles. The van der Waals surface area contributed by atoms with Gasteiger partial charge >= 0.3 is 6.36 Å². The first-order valence-electron chi connectivity index (χ1n) is 6.96. The first-order valence-corrected chi connectivity index (χ1v) is 6.96. The number of aromatic nitrogens is 1. The Hall–Kier alpha value is -1.82. The van der Waals surface area contributed by atoms with E-state index in [2.05, 4.69) is 23.6 Å². The number of halogens is 3. The maximum atomic E-state index is 12.3. The van der Waals surface area contributed by atoms with Crippen LogP contribution in [-0.2, 0) is 6.42 Å². The lowest BCUT2D eigenvalue weighted by molar-refractivity contribution is -0.274. The van der Waals surface area contributed by atoms with Crippen molar-refractivity contribution in [2.24, 2.45) is 11.1 Å². The minimum atomic E-state index is -4.69. The second-order valence-corrected chi connectivity index (χ2v) is 6.20. The second kappa shape index (κ2) is 5.76. The van der Waals surface area contributed by atoms with Crippen molar-refractivity contribution < 1.29 is 17.9 Å². The van der Waals surface area contributed by atoms with Gasteiger partial charge in [-0.2, -0.15) is 0 Å². The van der Waals surface area contributed by atoms with Crippen LogP contribution in [-0.4, -0.2) is 17.9 Å². The number of hydrogen-bond acceptors (Lipinski definition) is 3. The first kappa shape index (κ1) is 16.5. The SMILES string of the molecule is Cc1cc(CC(C)(C)CN)nc2ccc(OC(F)(F)F)cc12. The monoisotopic (exact) mass is 312 g/mol. The molecule has 0 atom stereocenters. The standard InChI is InChI=1S/C16H19F3N2O/c1-10-6-11(8-15(2,3)9-20)21-14-5-4-12(7-13(10)14)22-16(17,18)19/h4-7H,8-9,20H2,1-3H3. The maximum Gasteiger partial charge on any atom is 0.573 e. The van der Waals surface area contributed by atoms with E-state index in [1.54, 1.807) is 6.07 Å². The molecule has 0 bridgehead atoms. The zero-order valence-corrected chi connectivity index (χ0v) is 12.8. The molecule has 3 nitrogen and oxygen atoms in total. The van der Waals surface area contributed by atoms with Crippen LogP contribution in [0.1, 0.15) is 25.1 Å². The number of nitrogens with zero attached hydrogens (tertiary/aromatic N) is 1. The molecular formula is C16H19F3N2O. The Morgan fingerprint density at radius 3 is 2.45 bits per heavy atom. The average Bonchev–Trinajstić information content (AvgIpc) is 2.37. The summed E-state index contributed by atoms with van der Waals surface area (Å²) >= 11 is 0. The van der Waals surface area contributed by atoms with Crippen LogP contribution in [0.3, 0.4) is 0 Å². The van der Waals surface area contributed by atoms with Gasteiger partial charge in [0.15, 0.2) is 0 Å². The number of fused-ring (bicyclic) bond motifs is 1. The largest absolute Gasteiger partial charge is 0.573 e. The molecule has 0 saturated heterocycles. The van der Waals surface area contributed by atoms with Crippen molar-refractivity contribution in [2.75, 3.05) is 6.54 Å². The summed E-state index contributed by atoms with van der Waals surface area (Å²) in [6.45, 7) is 6.48. The third kappa shape index (κ3) is 4.10. The molecule has 0 saturated carbocycles. The highest BCUT2D eigenvalue weighted by Gasteiger charge is 2.31. The van der Waals surface area contributed by atoms with Crippen LogP contribution in [0.15, 0.2) is 24.3 Å². The van der Waals surface area contributed by atoms with Gasteiger partial charge in [0.25, 0.3) is 0 Å². The van der Waals surface area contributed by atoms with Crippen molar-refractivity contribution in [3.8, 4) is 5.75 Å². The highest BCUT2D eigenvalue weighted by molar-refractivity contribution is 5.83. The summed E-state index contributed by atoms with van der Waals surface area (Å²) in [6, 6.07) is 6.07. The molecule has 0 aliphatic heterocycles. The Balaban J connectivity index is 2.39. The molecule has 1 heterocycles. The van der Waals surface area contributed by atoms with Crippen LogP contribution < -0.4 is 10.5 Å². The lowest BCUT2D eigenvalue weighted by Crippen LogP contribution is -2.26. The highest BCUT2D eigenvalue weighted by atomic mass is 19.4. The molecule has 22 heavy (non-hydrogen) atoms. The molecule has 0 amide bonds. The molecule has 120 valence electrons. The average molecular weight is 312 g/mol. The van der Waals surface area contributed by atoms with Crippen molar-refractivity contribution >= 4 is 10.9 Å². The van der Waals surface area contributed by atoms with Gasteiger partial charge in [-0.3, -0.25) is 4.98 Å². The first-order chi connectivity index (χ1) is 10.1. The van der Waals surface area contributed by atoms with Crippen molar-refractivity contribution in [1.29, 1.82) is 0 Å². The van der Waals surface area contributed by atoms with E-state index in [9.17, 15) is 13.2 Å². The van der Waals surface area contributed by atoms with Crippen molar-refractivity contribution in [2.45, 2.75) is 33.6 Å². The van der Waals surface area contributed by atoms with Gasteiger partial charge in [0.2, 0.25) is 0 Å². The van der Waals surface area contributed by atoms with Gasteiger partial charge in [-0.1, -0.05) is 13.8 Å². The van der Waals surface area contributed by atoms with Gasteiger partial charge in [0.1, 0.15) is 5.75 Å². The number of nitrogens with two attached hydrogens (primary N) is 1. The topological polar surface area (TPSA) is 48.1 Å². The third-order valence-corrected chi connectivity index (χ3v) is 3.49. The predicted octanol–water partition coefficient (Wildman–Crippen LogP) is 3.97. The summed E-state index contributed by atoms with van der Waals surface area (Å²) in [6.07, 6.45) is -3.98. The fourth-order valence-electron chi connectivity index (χ4n) is 2.29. The zero-order chi connectivity index (χ0) is 16.5. The number of pyridine rings is 1. The van der Waals surface area contributed by atoms with Crippen LogP contribution in [0.25, 0.3) is 10.9 Å². The molecule has 1 aromatic heterocycles. The normalized spacial score (nSPS) is 12.7. The van der Waals surface area contributed by atoms with E-state index in [4.69, 9.17) is 5.73 Å². The molecule has 6 heteroatoms. The van der Waals surface area contributed by atoms with E-state index >= 15 is 0 Å². The summed E-state index contributed by atoms with van der Waals surface area (Å²) in [7, 11) is 0. The van der Waals surface area contributed by atoms with E-state index in [1.807, 2.05) is 13.0 Å². The van der Waals surface area contributed by atoms with E-state index < -0.39 is 6.36 Å². The van der Waals surface area contributed by atoms with Gasteiger partial charge < -0.3 is 10.5 Å². The fourth-order valence-corrected chi connectivity index (χ4v) is 2.29. The molecule has 2 N–H and O–H groups in total. The second-order valence-electron chi connectivity index (χ2n) is 6.20. The van der Waals surface area contributed by atoms with E-state index in [1.165, 1.54) is 12.1 Å². The van der Waals surface area contributed by atoms with Crippen LogP contribution in [0, 0.1) is 12.3 Å². The number of aryl methyl sites for hydroxylation is 1. The van der Waals surface area contributed by atoms with Crippen molar-refractivity contribution in [3.63, 3.8) is 0 Å². The molecular weight excluding hydrogens is 293 g/mol. The summed E-state index contributed by atoms with van der Waals surface area (Å²) in [5.41, 5.74) is 8.05. The minimum Gasteiger partial charge on any atom is -0.406 e. The lowest BCUT2D eigenvalue weighted by Gasteiger charge is -2.22. The molecule has 0 unspecified atom stereocenters. The Morgan fingerprint density at radius 2 is 1.86 bits per heavy atom. The Bertz CT molecular complexity index is 681. The third-order valence-electron chi connectivity index (χ3n) is 3.49. The van der Waals surface area contributed by atoms with Gasteiger partial charge in [-0.05, 0) is 55.1 Å². The molecule has 2 rings (SSSR count). The van der Waals surface area contributed by atoms with Gasteiger partial charge in [0.05, 0.1) is 5.52 Å². The predicted molar refractivity (Wildman–Crippen MR) is 79.7 cm³/mol. The Labute approximate surface area is 127 Å². The number of hydrogen-bond donors (Lipinski definition) is 1. The number of alkyl halides is 3. The highest BCUT2D eigenvalue weighted by Crippen LogP contribution is 2.29. The van der Waals surface area contributed by atoms with Gasteiger partial charge in [0, 0.05) is 11.1 Å². The van der Waals surface area contributed by atoms with Gasteiger partial charge in [-0.15, -0.1) is 13.2 Å². The summed E-state index contributed by atoms with van der Waals surface area (Å²) in [4.78, 5) is 4.51. The zero-order valence-electron chi connectivity index (χ0n) is 12.8. The maximum absolute atomic E-state index is 12.3. The molecule has 0 aliphatic rings. The molecule has 0 radical (unpaired) electrons. The minimum absolute atomic E-state index is 0.0769. The quantitative estimate of drug-likeness (QED) is 0.929. The molecule has 2 aromatic rings. The van der Waals surface area contributed by atoms with Gasteiger partial charge in [-0.25, -0.2) is 0 Å². The summed E-state index contributed by atoms with van der Waals surface area (Å²) in [5.74, 6) is -0.236. The molecule has 0 fully saturated rings. The van der Waals surface area contributed by atoms with Crippen LogP contribution in [0.5, 0.6) is 5.75 Å². The lowest BCUT2D eigenvalue weighted by atomic mass is 9.87. The smallest absolute Gasteiger partial charge is 0.406 e. The van der Waals surface area contributed by atoms with Crippen LogP contribution in [0.4, 0.5) is 13.2 Å². The van der Waals surface area contributed by atoms with Crippen molar-refractivity contribution in [1.82, 2.24) is 4.98 Å². The van der Waals surface area contributed by atoms with E-state index in [0.29, 0.717) is 23.9 Å². The van der Waals surface area contributed by atoms with E-state index in [-0.39, 0.29) is 11.2 Å². The number of rotatable bonds is 4. The van der Waals surface area contributed by atoms with Crippen LogP contribution in [0.2, 0.25) is 0 Å². The molecule has 0 spiro atoms. The summed E-state index contributed by atoms with van der Waals surface area (Å²) < 4.78 is 40.8. The number of ether oxygens (including phenoxy) is 1.